The first-order valence-corrected chi connectivity index (χ1v) is 8.01. The highest BCUT2D eigenvalue weighted by molar-refractivity contribution is 7.92. The fourth-order valence-electron chi connectivity index (χ4n) is 2.25. The van der Waals surface area contributed by atoms with E-state index in [-0.39, 0.29) is 23.2 Å². The minimum Gasteiger partial charge on any atom is -0.313 e. The maximum absolute atomic E-state index is 12.0. The van der Waals surface area contributed by atoms with Gasteiger partial charge < -0.3 is 5.32 Å². The zero-order chi connectivity index (χ0) is 14.8. The lowest BCUT2D eigenvalue weighted by Crippen LogP contribution is -2.32. The molecule has 2 N–H and O–H groups in total. The van der Waals surface area contributed by atoms with Crippen LogP contribution in [0.5, 0.6) is 0 Å². The predicted octanol–water partition coefficient (Wildman–Crippen LogP) is 1.40. The lowest BCUT2D eigenvalue weighted by molar-refractivity contribution is -0.385. The number of nitrogens with zero attached hydrogens (tertiary/aromatic N) is 1. The molecule has 0 spiro atoms. The quantitative estimate of drug-likeness (QED) is 0.632. The number of nitro benzene ring substituents is 1. The van der Waals surface area contributed by atoms with Crippen LogP contribution in [-0.4, -0.2) is 31.7 Å². The summed E-state index contributed by atoms with van der Waals surface area (Å²) in [5.74, 6) is -0.0192. The lowest BCUT2D eigenvalue weighted by Gasteiger charge is -2.12. The third-order valence-electron chi connectivity index (χ3n) is 3.26. The number of hydrogen-bond donors (Lipinski definition) is 2. The largest absolute Gasteiger partial charge is 0.313 e. The van der Waals surface area contributed by atoms with Gasteiger partial charge in [0, 0.05) is 17.7 Å². The van der Waals surface area contributed by atoms with Gasteiger partial charge >= 0.3 is 0 Å². The van der Waals surface area contributed by atoms with Crippen molar-refractivity contribution in [3.05, 3.63) is 33.9 Å². The van der Waals surface area contributed by atoms with E-state index in [1.807, 2.05) is 0 Å². The van der Waals surface area contributed by atoms with Crippen LogP contribution in [0.3, 0.4) is 0 Å². The molecule has 1 fully saturated rings. The molecule has 2 rings (SSSR count). The zero-order valence-electron chi connectivity index (χ0n) is 11.1. The van der Waals surface area contributed by atoms with E-state index in [0.717, 1.165) is 19.4 Å². The second-order valence-electron chi connectivity index (χ2n) is 4.94. The van der Waals surface area contributed by atoms with Gasteiger partial charge in [0.1, 0.15) is 0 Å². The maximum Gasteiger partial charge on any atom is 0.274 e. The average molecular weight is 299 g/mol. The summed E-state index contributed by atoms with van der Waals surface area (Å²) in [4.78, 5) is 10.3. The van der Waals surface area contributed by atoms with Crippen molar-refractivity contribution in [3.8, 4) is 0 Å². The van der Waals surface area contributed by atoms with Gasteiger partial charge in [0.15, 0.2) is 0 Å². The molecule has 1 aromatic rings. The summed E-state index contributed by atoms with van der Waals surface area (Å²) >= 11 is 0. The number of anilines is 1. The summed E-state index contributed by atoms with van der Waals surface area (Å²) in [7, 11) is -3.51. The van der Waals surface area contributed by atoms with E-state index in [1.54, 1.807) is 6.92 Å². The number of rotatable bonds is 5. The van der Waals surface area contributed by atoms with Crippen molar-refractivity contribution in [2.75, 3.05) is 17.0 Å². The van der Waals surface area contributed by atoms with E-state index in [0.29, 0.717) is 5.56 Å². The molecule has 8 heteroatoms. The predicted molar refractivity (Wildman–Crippen MR) is 76.3 cm³/mol. The molecule has 0 aliphatic carbocycles. The van der Waals surface area contributed by atoms with Gasteiger partial charge in [-0.05, 0) is 32.4 Å². The number of hydrogen-bond acceptors (Lipinski definition) is 5. The summed E-state index contributed by atoms with van der Waals surface area (Å²) in [6.45, 7) is 2.44. The minimum atomic E-state index is -3.51. The Morgan fingerprint density at radius 3 is 2.85 bits per heavy atom. The number of benzene rings is 1. The van der Waals surface area contributed by atoms with E-state index < -0.39 is 14.9 Å². The Morgan fingerprint density at radius 1 is 1.50 bits per heavy atom. The van der Waals surface area contributed by atoms with E-state index >= 15 is 0 Å². The Hall–Kier alpha value is -1.67. The lowest BCUT2D eigenvalue weighted by atomic mass is 10.2. The fraction of sp³-hybridized carbons (Fsp3) is 0.500. The van der Waals surface area contributed by atoms with Crippen LogP contribution in [0.25, 0.3) is 0 Å². The van der Waals surface area contributed by atoms with Crippen LogP contribution in [-0.2, 0) is 10.0 Å². The molecule has 1 saturated heterocycles. The summed E-state index contributed by atoms with van der Waals surface area (Å²) in [6, 6.07) is 4.26. The van der Waals surface area contributed by atoms with Gasteiger partial charge in [-0.25, -0.2) is 8.42 Å². The first-order valence-electron chi connectivity index (χ1n) is 6.36. The molecule has 0 amide bonds. The Kier molecular flexibility index (Phi) is 4.24. The van der Waals surface area contributed by atoms with E-state index in [9.17, 15) is 18.5 Å². The summed E-state index contributed by atoms with van der Waals surface area (Å²) in [5, 5.41) is 13.9. The van der Waals surface area contributed by atoms with Crippen LogP contribution in [0.15, 0.2) is 18.2 Å². The molecule has 1 unspecified atom stereocenters. The first kappa shape index (κ1) is 14.7. The van der Waals surface area contributed by atoms with Crippen LogP contribution in [0.1, 0.15) is 18.4 Å². The highest BCUT2D eigenvalue weighted by Crippen LogP contribution is 2.23. The molecule has 7 nitrogen and oxygen atoms in total. The Morgan fingerprint density at radius 2 is 2.25 bits per heavy atom. The summed E-state index contributed by atoms with van der Waals surface area (Å²) in [6.07, 6.45) is 1.80. The Labute approximate surface area is 117 Å². The highest BCUT2D eigenvalue weighted by Gasteiger charge is 2.22. The van der Waals surface area contributed by atoms with Gasteiger partial charge in [0.05, 0.1) is 16.4 Å². The molecule has 0 saturated carbocycles. The second-order valence-corrected chi connectivity index (χ2v) is 6.70. The van der Waals surface area contributed by atoms with Crippen molar-refractivity contribution in [2.24, 2.45) is 0 Å². The summed E-state index contributed by atoms with van der Waals surface area (Å²) in [5.41, 5.74) is 0.625. The molecule has 0 bridgehead atoms. The number of aryl methyl sites for hydroxylation is 1. The van der Waals surface area contributed by atoms with Crippen molar-refractivity contribution in [1.29, 1.82) is 0 Å². The zero-order valence-corrected chi connectivity index (χ0v) is 11.9. The third kappa shape index (κ3) is 3.67. The van der Waals surface area contributed by atoms with E-state index in [2.05, 4.69) is 10.0 Å². The van der Waals surface area contributed by atoms with E-state index in [4.69, 9.17) is 0 Å². The number of nitro groups is 1. The Bertz CT molecular complexity index is 609. The van der Waals surface area contributed by atoms with Gasteiger partial charge in [-0.1, -0.05) is 6.07 Å². The molecular weight excluding hydrogens is 282 g/mol. The molecule has 0 aromatic heterocycles. The standard InChI is InChI=1S/C12H17N3O4S/c1-9-4-5-10(7-12(9)15(16)17)14-20(18,19)8-11-3-2-6-13-11/h4-5,7,11,13-14H,2-3,6,8H2,1H3. The van der Waals surface area contributed by atoms with Crippen LogP contribution >= 0.6 is 0 Å². The fourth-order valence-corrected chi connectivity index (χ4v) is 3.64. The topological polar surface area (TPSA) is 101 Å². The van der Waals surface area contributed by atoms with Crippen molar-refractivity contribution < 1.29 is 13.3 Å². The van der Waals surface area contributed by atoms with Crippen LogP contribution < -0.4 is 10.0 Å². The first-order chi connectivity index (χ1) is 9.37. The molecule has 1 heterocycles. The molecule has 1 aromatic carbocycles. The molecule has 1 aliphatic heterocycles. The number of sulfonamides is 1. The maximum atomic E-state index is 12.0. The SMILES string of the molecule is Cc1ccc(NS(=O)(=O)CC2CCCN2)cc1[N+](=O)[O-]. The van der Waals surface area contributed by atoms with Gasteiger partial charge in [0.2, 0.25) is 10.0 Å². The van der Waals surface area contributed by atoms with Crippen molar-refractivity contribution in [1.82, 2.24) is 5.32 Å². The normalized spacial score (nSPS) is 18.9. The second kappa shape index (κ2) is 5.76. The van der Waals surface area contributed by atoms with Gasteiger partial charge in [-0.3, -0.25) is 14.8 Å². The van der Waals surface area contributed by atoms with Gasteiger partial charge in [-0.2, -0.15) is 0 Å². The summed E-state index contributed by atoms with van der Waals surface area (Å²) < 4.78 is 26.4. The molecule has 1 atom stereocenters. The van der Waals surface area contributed by atoms with E-state index in [1.165, 1.54) is 18.2 Å². The molecule has 1 aliphatic rings. The van der Waals surface area contributed by atoms with Crippen molar-refractivity contribution in [2.45, 2.75) is 25.8 Å². The molecule has 20 heavy (non-hydrogen) atoms. The Balaban J connectivity index is 2.12. The smallest absolute Gasteiger partial charge is 0.274 e. The monoisotopic (exact) mass is 299 g/mol. The molecule has 110 valence electrons. The molecule has 0 radical (unpaired) electrons. The van der Waals surface area contributed by atoms with Crippen molar-refractivity contribution in [3.63, 3.8) is 0 Å². The average Bonchev–Trinajstić information content (AvgIpc) is 2.82. The van der Waals surface area contributed by atoms with Crippen LogP contribution in [0.2, 0.25) is 0 Å². The van der Waals surface area contributed by atoms with Crippen LogP contribution in [0.4, 0.5) is 11.4 Å². The third-order valence-corrected chi connectivity index (χ3v) is 4.65. The van der Waals surface area contributed by atoms with Gasteiger partial charge in [-0.15, -0.1) is 0 Å². The number of nitrogens with one attached hydrogen (secondary N) is 2. The van der Waals surface area contributed by atoms with Crippen LogP contribution in [0, 0.1) is 17.0 Å². The minimum absolute atomic E-state index is 0.0192. The van der Waals surface area contributed by atoms with Crippen molar-refractivity contribution >= 4 is 21.4 Å². The highest BCUT2D eigenvalue weighted by atomic mass is 32.2. The molecular formula is C12H17N3O4S. The van der Waals surface area contributed by atoms with Gasteiger partial charge in [0.25, 0.3) is 5.69 Å².